The number of amidine groups is 1. The number of hydrazine groups is 1. The summed E-state index contributed by atoms with van der Waals surface area (Å²) in [5, 5.41) is 3.21. The molecule has 3 heterocycles. The number of cyclic esters (lactones) is 1. The van der Waals surface area contributed by atoms with Crippen molar-refractivity contribution in [1.29, 1.82) is 0 Å². The Kier molecular flexibility index (Phi) is 5.71. The predicted molar refractivity (Wildman–Crippen MR) is 117 cm³/mol. The molecule has 30 heavy (non-hydrogen) atoms. The molecule has 1 aromatic heterocycles. The zero-order chi connectivity index (χ0) is 20.9. The van der Waals surface area contributed by atoms with Gasteiger partial charge in [0.1, 0.15) is 18.3 Å². The van der Waals surface area contributed by atoms with Crippen molar-refractivity contribution in [2.75, 3.05) is 24.5 Å². The minimum absolute atomic E-state index is 0.228. The van der Waals surface area contributed by atoms with Crippen molar-refractivity contribution >= 4 is 29.8 Å². The fourth-order valence-electron chi connectivity index (χ4n) is 3.40. The van der Waals surface area contributed by atoms with Gasteiger partial charge in [0.25, 0.3) is 0 Å². The number of aliphatic imine (C=N–C) groups is 2. The van der Waals surface area contributed by atoms with E-state index in [0.717, 1.165) is 28.2 Å². The molecular weight excluding hydrogens is 382 g/mol. The molecule has 2 aliphatic heterocycles. The molecular formula is C21H23N7O2. The maximum Gasteiger partial charge on any atom is 0.414 e. The fraction of sp³-hybridized carbons (Fsp3) is 0.238. The van der Waals surface area contributed by atoms with Crippen LogP contribution in [0.25, 0.3) is 11.1 Å². The Labute approximate surface area is 174 Å². The largest absolute Gasteiger partial charge is 0.442 e. The van der Waals surface area contributed by atoms with Gasteiger partial charge in [-0.25, -0.2) is 20.6 Å². The number of hydrogen-bond donors (Lipinski definition) is 3. The monoisotopic (exact) mass is 405 g/mol. The van der Waals surface area contributed by atoms with Crippen molar-refractivity contribution < 1.29 is 9.53 Å². The summed E-state index contributed by atoms with van der Waals surface area (Å²) in [5.74, 6) is 6.56. The molecule has 4 N–H and O–H groups in total. The van der Waals surface area contributed by atoms with Crippen LogP contribution in [0.5, 0.6) is 0 Å². The van der Waals surface area contributed by atoms with Crippen LogP contribution in [0.15, 0.2) is 58.7 Å². The number of carbonyl (C=O) groups excluding carboxylic acids is 1. The van der Waals surface area contributed by atoms with E-state index in [1.165, 1.54) is 6.34 Å². The van der Waals surface area contributed by atoms with Crippen LogP contribution < -0.4 is 21.5 Å². The van der Waals surface area contributed by atoms with Crippen LogP contribution in [0.2, 0.25) is 0 Å². The number of aryl methyl sites for hydroxylation is 1. The highest BCUT2D eigenvalue weighted by Crippen LogP contribution is 2.30. The second-order valence-electron chi connectivity index (χ2n) is 6.96. The first kappa shape index (κ1) is 19.6. The Morgan fingerprint density at radius 1 is 1.33 bits per heavy atom. The first-order chi connectivity index (χ1) is 14.6. The molecule has 1 saturated heterocycles. The molecule has 0 radical (unpaired) electrons. The molecule has 0 bridgehead atoms. The number of aromatic nitrogens is 1. The van der Waals surface area contributed by atoms with Gasteiger partial charge in [-0.3, -0.25) is 9.89 Å². The molecule has 2 aliphatic rings. The van der Waals surface area contributed by atoms with Gasteiger partial charge >= 0.3 is 6.09 Å². The van der Waals surface area contributed by atoms with E-state index in [2.05, 4.69) is 25.7 Å². The molecule has 9 heteroatoms. The highest BCUT2D eigenvalue weighted by atomic mass is 16.6. The third kappa shape index (κ3) is 4.31. The van der Waals surface area contributed by atoms with E-state index < -0.39 is 0 Å². The summed E-state index contributed by atoms with van der Waals surface area (Å²) < 4.78 is 5.51. The Morgan fingerprint density at radius 3 is 2.90 bits per heavy atom. The number of nitrogens with one attached hydrogen (secondary N) is 2. The number of rotatable bonds is 6. The molecule has 1 atom stereocenters. The van der Waals surface area contributed by atoms with Gasteiger partial charge in [0.15, 0.2) is 5.82 Å². The first-order valence-electron chi connectivity index (χ1n) is 9.63. The van der Waals surface area contributed by atoms with E-state index in [1.54, 1.807) is 11.1 Å². The van der Waals surface area contributed by atoms with E-state index in [-0.39, 0.29) is 12.2 Å². The fourth-order valence-corrected chi connectivity index (χ4v) is 3.40. The SMILES string of the molecule is Cc1cc(-c2ccc(N=CNN)nc2)ccc1N1CC(CNC2=NCC=C2)OC1=O. The maximum absolute atomic E-state index is 12.4. The van der Waals surface area contributed by atoms with Gasteiger partial charge in [-0.05, 0) is 48.4 Å². The zero-order valence-corrected chi connectivity index (χ0v) is 16.6. The molecule has 1 aromatic carbocycles. The average molecular weight is 405 g/mol. The second kappa shape index (κ2) is 8.75. The van der Waals surface area contributed by atoms with Crippen LogP contribution in [0.4, 0.5) is 16.3 Å². The number of carbonyl (C=O) groups is 1. The number of benzene rings is 1. The predicted octanol–water partition coefficient (Wildman–Crippen LogP) is 2.06. The van der Waals surface area contributed by atoms with Crippen LogP contribution in [0, 0.1) is 6.92 Å². The molecule has 9 nitrogen and oxygen atoms in total. The summed E-state index contributed by atoms with van der Waals surface area (Å²) >= 11 is 0. The minimum atomic E-state index is -0.334. The van der Waals surface area contributed by atoms with Gasteiger partial charge in [-0.15, -0.1) is 0 Å². The second-order valence-corrected chi connectivity index (χ2v) is 6.96. The summed E-state index contributed by atoms with van der Waals surface area (Å²) in [6, 6.07) is 9.70. The smallest absolute Gasteiger partial charge is 0.414 e. The Bertz CT molecular complexity index is 1010. The van der Waals surface area contributed by atoms with Crippen LogP contribution >= 0.6 is 0 Å². The highest BCUT2D eigenvalue weighted by Gasteiger charge is 2.33. The summed E-state index contributed by atoms with van der Waals surface area (Å²) in [7, 11) is 0. The third-order valence-electron chi connectivity index (χ3n) is 4.87. The van der Waals surface area contributed by atoms with Crippen LogP contribution in [0.3, 0.4) is 0 Å². The van der Waals surface area contributed by atoms with Crippen molar-refractivity contribution in [1.82, 2.24) is 15.7 Å². The molecule has 0 aliphatic carbocycles. The molecule has 0 spiro atoms. The molecule has 154 valence electrons. The van der Waals surface area contributed by atoms with E-state index in [4.69, 9.17) is 10.6 Å². The lowest BCUT2D eigenvalue weighted by atomic mass is 10.0. The maximum atomic E-state index is 12.4. The molecule has 2 aromatic rings. The van der Waals surface area contributed by atoms with Crippen LogP contribution in [-0.2, 0) is 4.74 Å². The minimum Gasteiger partial charge on any atom is -0.442 e. The lowest BCUT2D eigenvalue weighted by Gasteiger charge is -2.17. The molecule has 4 rings (SSSR count). The van der Waals surface area contributed by atoms with Crippen molar-refractivity contribution in [3.8, 4) is 11.1 Å². The van der Waals surface area contributed by atoms with Crippen LogP contribution in [0.1, 0.15) is 5.56 Å². The number of ether oxygens (including phenoxy) is 1. The van der Waals surface area contributed by atoms with Gasteiger partial charge in [-0.1, -0.05) is 12.1 Å². The van der Waals surface area contributed by atoms with Crippen LogP contribution in [-0.4, -0.2) is 49.0 Å². The van der Waals surface area contributed by atoms with Gasteiger partial charge < -0.3 is 15.5 Å². The summed E-state index contributed by atoms with van der Waals surface area (Å²) in [5.41, 5.74) is 6.13. The Morgan fingerprint density at radius 2 is 2.20 bits per heavy atom. The van der Waals surface area contributed by atoms with Gasteiger partial charge in [-0.2, -0.15) is 0 Å². The average Bonchev–Trinajstić information content (AvgIpc) is 3.40. The van der Waals surface area contributed by atoms with Crippen molar-refractivity contribution in [2.45, 2.75) is 13.0 Å². The summed E-state index contributed by atoms with van der Waals surface area (Å²) in [6.45, 7) is 3.70. The Hall–Kier alpha value is -3.72. The number of nitrogens with two attached hydrogens (primary N) is 1. The standard InChI is InChI=1S/C21H23N7O2/c1-14-9-15(16-5-7-20(24-10-16)26-13-27-22)4-6-18(14)28-12-17(30-21(28)29)11-25-19-3-2-8-23-19/h2-7,9-10,13,17H,8,11-12,22H2,1H3,(H,23,25)(H,24,26,27). The van der Waals surface area contributed by atoms with Gasteiger partial charge in [0, 0.05) is 11.8 Å². The number of hydrogen-bond acceptors (Lipinski definition) is 7. The van der Waals surface area contributed by atoms with Gasteiger partial charge in [0.05, 0.1) is 25.3 Å². The van der Waals surface area contributed by atoms with Crippen molar-refractivity contribution in [2.24, 2.45) is 15.8 Å². The number of pyridine rings is 1. The lowest BCUT2D eigenvalue weighted by molar-refractivity contribution is 0.143. The van der Waals surface area contributed by atoms with Gasteiger partial charge in [0.2, 0.25) is 0 Å². The quantitative estimate of drug-likeness (QED) is 0.293. The number of amides is 1. The molecule has 1 unspecified atom stereocenters. The van der Waals surface area contributed by atoms with E-state index in [0.29, 0.717) is 25.5 Å². The van der Waals surface area contributed by atoms with Crippen molar-refractivity contribution in [3.63, 3.8) is 0 Å². The summed E-state index contributed by atoms with van der Waals surface area (Å²) in [4.78, 5) is 26.7. The Balaban J connectivity index is 1.44. The van der Waals surface area contributed by atoms with Crippen molar-refractivity contribution in [3.05, 3.63) is 54.2 Å². The number of nitrogens with zero attached hydrogens (tertiary/aromatic N) is 4. The van der Waals surface area contributed by atoms with E-state index >= 15 is 0 Å². The zero-order valence-electron chi connectivity index (χ0n) is 16.6. The third-order valence-corrected chi connectivity index (χ3v) is 4.87. The first-order valence-corrected chi connectivity index (χ1v) is 9.63. The molecule has 0 saturated carbocycles. The topological polar surface area (TPSA) is 117 Å². The highest BCUT2D eigenvalue weighted by molar-refractivity contribution is 5.95. The van der Waals surface area contributed by atoms with E-state index in [1.807, 2.05) is 49.4 Å². The lowest BCUT2D eigenvalue weighted by Crippen LogP contribution is -2.33. The molecule has 1 amide bonds. The number of anilines is 1. The van der Waals surface area contributed by atoms with E-state index in [9.17, 15) is 4.79 Å². The molecule has 1 fully saturated rings. The normalized spacial score (nSPS) is 18.1. The summed E-state index contributed by atoms with van der Waals surface area (Å²) in [6.07, 6.45) is 6.47.